The molecular weight excluding hydrogens is 204 g/mol. The number of nitrogens with zero attached hydrogens (tertiary/aromatic N) is 1. The van der Waals surface area contributed by atoms with Crippen LogP contribution in [-0.2, 0) is 4.79 Å². The van der Waals surface area contributed by atoms with Crippen LogP contribution >= 0.6 is 0 Å². The number of hydrogen-bond acceptors (Lipinski definition) is 4. The maximum atomic E-state index is 11.0. The van der Waals surface area contributed by atoms with E-state index in [9.17, 15) is 4.79 Å². The van der Waals surface area contributed by atoms with E-state index >= 15 is 0 Å². The number of hydrogen-bond donors (Lipinski definition) is 3. The van der Waals surface area contributed by atoms with E-state index in [4.69, 9.17) is 5.73 Å². The van der Waals surface area contributed by atoms with Crippen molar-refractivity contribution in [2.75, 3.05) is 24.1 Å². The molecule has 0 aromatic carbocycles. The Kier molecular flexibility index (Phi) is 4.57. The number of nitrogens with one attached hydrogen (secondary N) is 2. The highest BCUT2D eigenvalue weighted by Crippen LogP contribution is 2.12. The number of pyridine rings is 1. The van der Waals surface area contributed by atoms with E-state index in [1.54, 1.807) is 6.20 Å². The SMILES string of the molecule is CCC(=O)NCCNc1ncc(N)cc1C. The highest BCUT2D eigenvalue weighted by atomic mass is 16.1. The van der Waals surface area contributed by atoms with Crippen molar-refractivity contribution in [3.8, 4) is 0 Å². The van der Waals surface area contributed by atoms with Gasteiger partial charge in [-0.05, 0) is 18.6 Å². The van der Waals surface area contributed by atoms with E-state index < -0.39 is 0 Å². The standard InChI is InChI=1S/C11H18N4O/c1-3-10(16)13-4-5-14-11-8(2)6-9(12)7-15-11/h6-7H,3-5,12H2,1-2H3,(H,13,16)(H,14,15). The number of aromatic nitrogens is 1. The van der Waals surface area contributed by atoms with Crippen molar-refractivity contribution in [2.24, 2.45) is 0 Å². The Labute approximate surface area is 95.4 Å². The molecule has 0 saturated heterocycles. The number of nitrogen functional groups attached to an aromatic ring is 1. The second-order valence-electron chi connectivity index (χ2n) is 3.56. The van der Waals surface area contributed by atoms with Crippen LogP contribution in [0.5, 0.6) is 0 Å². The molecule has 1 rings (SSSR count). The minimum atomic E-state index is 0.0591. The zero-order chi connectivity index (χ0) is 12.0. The number of nitrogens with two attached hydrogens (primary N) is 1. The number of anilines is 2. The zero-order valence-electron chi connectivity index (χ0n) is 9.71. The smallest absolute Gasteiger partial charge is 0.219 e. The van der Waals surface area contributed by atoms with Gasteiger partial charge in [-0.15, -0.1) is 0 Å². The Balaban J connectivity index is 2.35. The Bertz CT molecular complexity index is 365. The summed E-state index contributed by atoms with van der Waals surface area (Å²) < 4.78 is 0. The molecule has 1 amide bonds. The normalized spacial score (nSPS) is 9.88. The molecule has 1 aromatic heterocycles. The summed E-state index contributed by atoms with van der Waals surface area (Å²) in [5.74, 6) is 0.865. The average molecular weight is 222 g/mol. The summed E-state index contributed by atoms with van der Waals surface area (Å²) in [6, 6.07) is 1.86. The molecule has 0 atom stereocenters. The topological polar surface area (TPSA) is 80.0 Å². The largest absolute Gasteiger partial charge is 0.397 e. The van der Waals surface area contributed by atoms with Gasteiger partial charge in [-0.1, -0.05) is 6.92 Å². The quantitative estimate of drug-likeness (QED) is 0.647. The first-order chi connectivity index (χ1) is 7.63. The average Bonchev–Trinajstić information content (AvgIpc) is 2.26. The van der Waals surface area contributed by atoms with Crippen LogP contribution in [0.15, 0.2) is 12.3 Å². The van der Waals surface area contributed by atoms with E-state index in [1.165, 1.54) is 0 Å². The molecule has 1 heterocycles. The van der Waals surface area contributed by atoms with E-state index in [2.05, 4.69) is 15.6 Å². The lowest BCUT2D eigenvalue weighted by Crippen LogP contribution is -2.28. The first-order valence-electron chi connectivity index (χ1n) is 5.36. The van der Waals surface area contributed by atoms with Crippen molar-refractivity contribution in [2.45, 2.75) is 20.3 Å². The molecule has 1 aromatic rings. The lowest BCUT2D eigenvalue weighted by molar-refractivity contribution is -0.120. The number of aryl methyl sites for hydroxylation is 1. The molecular formula is C11H18N4O. The predicted octanol–water partition coefficient (Wildman–Crippen LogP) is 0.910. The van der Waals surface area contributed by atoms with E-state index in [0.717, 1.165) is 11.4 Å². The number of amides is 1. The summed E-state index contributed by atoms with van der Waals surface area (Å²) in [6.07, 6.45) is 2.12. The summed E-state index contributed by atoms with van der Waals surface area (Å²) in [6.45, 7) is 5.02. The summed E-state index contributed by atoms with van der Waals surface area (Å²) in [5, 5.41) is 5.92. The van der Waals surface area contributed by atoms with Gasteiger partial charge in [0.25, 0.3) is 0 Å². The molecule has 5 nitrogen and oxygen atoms in total. The third-order valence-electron chi connectivity index (χ3n) is 2.16. The van der Waals surface area contributed by atoms with Crippen molar-refractivity contribution in [3.05, 3.63) is 17.8 Å². The minimum absolute atomic E-state index is 0.0591. The Morgan fingerprint density at radius 2 is 2.25 bits per heavy atom. The molecule has 88 valence electrons. The van der Waals surface area contributed by atoms with Gasteiger partial charge in [0.15, 0.2) is 0 Å². The first-order valence-corrected chi connectivity index (χ1v) is 5.36. The number of carbonyl (C=O) groups excluding carboxylic acids is 1. The second kappa shape index (κ2) is 5.95. The van der Waals surface area contributed by atoms with Crippen LogP contribution in [0.25, 0.3) is 0 Å². The number of carbonyl (C=O) groups is 1. The van der Waals surface area contributed by atoms with Crippen LogP contribution in [0.1, 0.15) is 18.9 Å². The molecule has 0 radical (unpaired) electrons. The highest BCUT2D eigenvalue weighted by molar-refractivity contribution is 5.75. The first kappa shape index (κ1) is 12.3. The number of rotatable bonds is 5. The maximum absolute atomic E-state index is 11.0. The molecule has 0 aliphatic carbocycles. The van der Waals surface area contributed by atoms with E-state index in [-0.39, 0.29) is 5.91 Å². The predicted molar refractivity (Wildman–Crippen MR) is 65.2 cm³/mol. The molecule has 0 saturated carbocycles. The molecule has 5 heteroatoms. The molecule has 0 bridgehead atoms. The molecule has 0 aliphatic heterocycles. The van der Waals surface area contributed by atoms with Crippen LogP contribution in [-0.4, -0.2) is 24.0 Å². The van der Waals surface area contributed by atoms with Gasteiger partial charge >= 0.3 is 0 Å². The molecule has 16 heavy (non-hydrogen) atoms. The fourth-order valence-electron chi connectivity index (χ4n) is 1.29. The van der Waals surface area contributed by atoms with Gasteiger partial charge in [0, 0.05) is 19.5 Å². The minimum Gasteiger partial charge on any atom is -0.397 e. The van der Waals surface area contributed by atoms with Gasteiger partial charge < -0.3 is 16.4 Å². The summed E-state index contributed by atoms with van der Waals surface area (Å²) in [5.41, 5.74) is 7.25. The van der Waals surface area contributed by atoms with Gasteiger partial charge in [0.05, 0.1) is 11.9 Å². The summed E-state index contributed by atoms with van der Waals surface area (Å²) in [7, 11) is 0. The van der Waals surface area contributed by atoms with Crippen molar-refractivity contribution in [1.82, 2.24) is 10.3 Å². The zero-order valence-corrected chi connectivity index (χ0v) is 9.71. The van der Waals surface area contributed by atoms with Crippen molar-refractivity contribution in [1.29, 1.82) is 0 Å². The van der Waals surface area contributed by atoms with Crippen LogP contribution in [0.4, 0.5) is 11.5 Å². The summed E-state index contributed by atoms with van der Waals surface area (Å²) in [4.78, 5) is 15.1. The third-order valence-corrected chi connectivity index (χ3v) is 2.16. The Morgan fingerprint density at radius 1 is 1.50 bits per heavy atom. The van der Waals surface area contributed by atoms with Crippen molar-refractivity contribution < 1.29 is 4.79 Å². The van der Waals surface area contributed by atoms with Crippen LogP contribution in [0, 0.1) is 6.92 Å². The fourth-order valence-corrected chi connectivity index (χ4v) is 1.29. The van der Waals surface area contributed by atoms with Gasteiger partial charge in [-0.3, -0.25) is 4.79 Å². The fraction of sp³-hybridized carbons (Fsp3) is 0.455. The monoisotopic (exact) mass is 222 g/mol. The maximum Gasteiger partial charge on any atom is 0.219 e. The summed E-state index contributed by atoms with van der Waals surface area (Å²) >= 11 is 0. The molecule has 0 fully saturated rings. The lowest BCUT2D eigenvalue weighted by Gasteiger charge is -2.09. The van der Waals surface area contributed by atoms with Gasteiger partial charge in [-0.2, -0.15) is 0 Å². The van der Waals surface area contributed by atoms with E-state index in [1.807, 2.05) is 19.9 Å². The van der Waals surface area contributed by atoms with Crippen LogP contribution in [0.2, 0.25) is 0 Å². The molecule has 4 N–H and O–H groups in total. The molecule has 0 spiro atoms. The second-order valence-corrected chi connectivity index (χ2v) is 3.56. The lowest BCUT2D eigenvalue weighted by atomic mass is 10.2. The van der Waals surface area contributed by atoms with Crippen LogP contribution in [0.3, 0.4) is 0 Å². The molecule has 0 aliphatic rings. The Morgan fingerprint density at radius 3 is 2.88 bits per heavy atom. The Hall–Kier alpha value is -1.78. The van der Waals surface area contributed by atoms with Crippen molar-refractivity contribution >= 4 is 17.4 Å². The van der Waals surface area contributed by atoms with Crippen molar-refractivity contribution in [3.63, 3.8) is 0 Å². The van der Waals surface area contributed by atoms with Gasteiger partial charge in [0.1, 0.15) is 5.82 Å². The highest BCUT2D eigenvalue weighted by Gasteiger charge is 2.00. The third kappa shape index (κ3) is 3.76. The van der Waals surface area contributed by atoms with E-state index in [0.29, 0.717) is 25.2 Å². The molecule has 0 unspecified atom stereocenters. The van der Waals surface area contributed by atoms with Gasteiger partial charge in [-0.25, -0.2) is 4.98 Å². The van der Waals surface area contributed by atoms with Crippen LogP contribution < -0.4 is 16.4 Å². The van der Waals surface area contributed by atoms with Gasteiger partial charge in [0.2, 0.25) is 5.91 Å².